The van der Waals surface area contributed by atoms with Crippen LogP contribution in [0.4, 0.5) is 0 Å². The zero-order valence-corrected chi connectivity index (χ0v) is 17.0. The van der Waals surface area contributed by atoms with Crippen LogP contribution in [0.3, 0.4) is 0 Å². The number of aliphatic hydroxyl groups is 1. The number of nitrogens with zero attached hydrogens (tertiary/aromatic N) is 1. The molecule has 142 valence electrons. The van der Waals surface area contributed by atoms with E-state index in [1.54, 1.807) is 18.7 Å². The summed E-state index contributed by atoms with van der Waals surface area (Å²) in [5, 5.41) is 17.3. The number of nitrogens with one attached hydrogen (secondary N) is 2. The summed E-state index contributed by atoms with van der Waals surface area (Å²) in [7, 11) is 0. The van der Waals surface area contributed by atoms with Crippen molar-refractivity contribution in [1.82, 2.24) is 10.6 Å². The number of aryl methyl sites for hydroxylation is 2. The second-order valence-electron chi connectivity index (χ2n) is 6.50. The molecule has 5 nitrogen and oxygen atoms in total. The predicted molar refractivity (Wildman–Crippen MR) is 109 cm³/mol. The molecule has 0 amide bonds. The first-order chi connectivity index (χ1) is 12.4. The number of rotatable bonds is 7. The first-order valence-corrected chi connectivity index (χ1v) is 10.0. The third-order valence-corrected chi connectivity index (χ3v) is 4.89. The molecule has 3 N–H and O–H groups in total. The largest absolute Gasteiger partial charge is 0.466 e. The van der Waals surface area contributed by atoms with Gasteiger partial charge >= 0.3 is 0 Å². The van der Waals surface area contributed by atoms with Gasteiger partial charge in [-0.05, 0) is 57.7 Å². The lowest BCUT2D eigenvalue weighted by Crippen LogP contribution is -2.44. The highest BCUT2D eigenvalue weighted by Gasteiger charge is 2.27. The number of benzene rings is 1. The van der Waals surface area contributed by atoms with E-state index in [1.165, 1.54) is 4.90 Å². The van der Waals surface area contributed by atoms with Crippen molar-refractivity contribution in [3.8, 4) is 0 Å². The van der Waals surface area contributed by atoms with E-state index < -0.39 is 5.60 Å². The Balaban J connectivity index is 2.03. The minimum absolute atomic E-state index is 0.337. The predicted octanol–water partition coefficient (Wildman–Crippen LogP) is 3.58. The quantitative estimate of drug-likeness (QED) is 0.392. The number of furan rings is 1. The van der Waals surface area contributed by atoms with E-state index in [0.29, 0.717) is 19.0 Å². The molecule has 0 aliphatic carbocycles. The minimum Gasteiger partial charge on any atom is -0.466 e. The van der Waals surface area contributed by atoms with E-state index >= 15 is 0 Å². The third-order valence-electron chi connectivity index (χ3n) is 4.14. The average molecular weight is 376 g/mol. The summed E-state index contributed by atoms with van der Waals surface area (Å²) < 4.78 is 5.54. The summed E-state index contributed by atoms with van der Waals surface area (Å²) in [5.41, 5.74) is 0.900. The molecule has 0 fully saturated rings. The topological polar surface area (TPSA) is 69.8 Å². The zero-order chi connectivity index (χ0) is 19.2. The Bertz CT molecular complexity index is 736. The molecule has 0 radical (unpaired) electrons. The van der Waals surface area contributed by atoms with Crippen molar-refractivity contribution in [2.75, 3.05) is 19.3 Å². The lowest BCUT2D eigenvalue weighted by molar-refractivity contribution is 0.0601. The SMILES string of the molecule is CCNC(=NCc1ccc(SC)cc1)NCC(C)(O)c1cc(C)oc1C. The van der Waals surface area contributed by atoms with Gasteiger partial charge in [-0.2, -0.15) is 0 Å². The van der Waals surface area contributed by atoms with E-state index in [2.05, 4.69) is 46.1 Å². The Labute approximate surface area is 160 Å². The normalized spacial score (nSPS) is 14.2. The van der Waals surface area contributed by atoms with Gasteiger partial charge in [0.05, 0.1) is 13.1 Å². The fourth-order valence-corrected chi connectivity index (χ4v) is 3.17. The van der Waals surface area contributed by atoms with Gasteiger partial charge in [-0.3, -0.25) is 0 Å². The molecule has 2 aromatic rings. The number of thioether (sulfide) groups is 1. The molecule has 0 aliphatic heterocycles. The zero-order valence-electron chi connectivity index (χ0n) is 16.2. The van der Waals surface area contributed by atoms with Gasteiger partial charge in [0.1, 0.15) is 17.1 Å². The molecular weight excluding hydrogens is 346 g/mol. The Morgan fingerprint density at radius 2 is 1.92 bits per heavy atom. The van der Waals surface area contributed by atoms with Crippen molar-refractivity contribution in [1.29, 1.82) is 0 Å². The van der Waals surface area contributed by atoms with Crippen molar-refractivity contribution >= 4 is 17.7 Å². The third kappa shape index (κ3) is 5.54. The van der Waals surface area contributed by atoms with Crippen LogP contribution in [-0.2, 0) is 12.1 Å². The summed E-state index contributed by atoms with van der Waals surface area (Å²) in [4.78, 5) is 5.86. The monoisotopic (exact) mass is 375 g/mol. The maximum absolute atomic E-state index is 10.8. The van der Waals surface area contributed by atoms with E-state index in [0.717, 1.165) is 29.2 Å². The molecule has 0 spiro atoms. The lowest BCUT2D eigenvalue weighted by Gasteiger charge is -2.24. The second-order valence-corrected chi connectivity index (χ2v) is 7.38. The van der Waals surface area contributed by atoms with E-state index in [1.807, 2.05) is 26.8 Å². The average Bonchev–Trinajstić information content (AvgIpc) is 2.97. The van der Waals surface area contributed by atoms with Crippen LogP contribution in [0.2, 0.25) is 0 Å². The number of aliphatic imine (C=N–C) groups is 1. The van der Waals surface area contributed by atoms with Gasteiger partial charge in [0.15, 0.2) is 5.96 Å². The molecule has 1 heterocycles. The van der Waals surface area contributed by atoms with Crippen molar-refractivity contribution in [3.05, 3.63) is 53.0 Å². The van der Waals surface area contributed by atoms with Crippen LogP contribution in [0.5, 0.6) is 0 Å². The molecule has 0 bridgehead atoms. The molecule has 2 rings (SSSR count). The summed E-state index contributed by atoms with van der Waals surface area (Å²) >= 11 is 1.73. The van der Waals surface area contributed by atoms with Crippen LogP contribution in [0, 0.1) is 13.8 Å². The molecule has 1 aromatic heterocycles. The number of hydrogen-bond acceptors (Lipinski definition) is 4. The molecule has 1 aromatic carbocycles. The summed E-state index contributed by atoms with van der Waals surface area (Å²) in [5.74, 6) is 2.22. The highest BCUT2D eigenvalue weighted by atomic mass is 32.2. The Morgan fingerprint density at radius 1 is 1.23 bits per heavy atom. The lowest BCUT2D eigenvalue weighted by atomic mass is 9.96. The van der Waals surface area contributed by atoms with Gasteiger partial charge in [-0.25, -0.2) is 4.99 Å². The molecule has 0 aliphatic rings. The first kappa shape index (κ1) is 20.4. The summed E-state index contributed by atoms with van der Waals surface area (Å²) in [6.07, 6.45) is 2.06. The summed E-state index contributed by atoms with van der Waals surface area (Å²) in [6, 6.07) is 10.3. The van der Waals surface area contributed by atoms with Crippen LogP contribution >= 0.6 is 11.8 Å². The van der Waals surface area contributed by atoms with Gasteiger partial charge in [0.2, 0.25) is 0 Å². The molecule has 1 unspecified atom stereocenters. The van der Waals surface area contributed by atoms with Crippen molar-refractivity contribution in [3.63, 3.8) is 0 Å². The van der Waals surface area contributed by atoms with Gasteiger partial charge in [0, 0.05) is 17.0 Å². The van der Waals surface area contributed by atoms with Crippen LogP contribution < -0.4 is 10.6 Å². The highest BCUT2D eigenvalue weighted by molar-refractivity contribution is 7.98. The molecular formula is C20H29N3O2S. The second kappa shape index (κ2) is 9.14. The Morgan fingerprint density at radius 3 is 2.46 bits per heavy atom. The van der Waals surface area contributed by atoms with Crippen molar-refractivity contribution in [2.45, 2.75) is 44.7 Å². The van der Waals surface area contributed by atoms with Crippen LogP contribution in [-0.4, -0.2) is 30.4 Å². The maximum atomic E-state index is 10.8. The molecule has 1 atom stereocenters. The first-order valence-electron chi connectivity index (χ1n) is 8.80. The summed E-state index contributed by atoms with van der Waals surface area (Å²) in [6.45, 7) is 9.22. The van der Waals surface area contributed by atoms with Gasteiger partial charge in [0.25, 0.3) is 0 Å². The van der Waals surface area contributed by atoms with Gasteiger partial charge in [-0.1, -0.05) is 12.1 Å². The Hall–Kier alpha value is -1.92. The number of hydrogen-bond donors (Lipinski definition) is 3. The molecule has 0 saturated carbocycles. The highest BCUT2D eigenvalue weighted by Crippen LogP contribution is 2.26. The van der Waals surface area contributed by atoms with Crippen LogP contribution in [0.25, 0.3) is 0 Å². The fraction of sp³-hybridized carbons (Fsp3) is 0.450. The van der Waals surface area contributed by atoms with Crippen LogP contribution in [0.1, 0.15) is 36.5 Å². The van der Waals surface area contributed by atoms with Gasteiger partial charge < -0.3 is 20.2 Å². The smallest absolute Gasteiger partial charge is 0.191 e. The van der Waals surface area contributed by atoms with Crippen LogP contribution in [0.15, 0.2) is 44.6 Å². The standard InChI is InChI=1S/C20H29N3O2S/c1-6-21-19(22-12-16-7-9-17(26-5)10-8-16)23-13-20(4,24)18-11-14(2)25-15(18)3/h7-11,24H,6,12-13H2,1-5H3,(H2,21,22,23). The van der Waals surface area contributed by atoms with E-state index in [4.69, 9.17) is 4.42 Å². The minimum atomic E-state index is -1.04. The molecule has 26 heavy (non-hydrogen) atoms. The maximum Gasteiger partial charge on any atom is 0.191 e. The van der Waals surface area contributed by atoms with Crippen molar-refractivity contribution < 1.29 is 9.52 Å². The molecule has 6 heteroatoms. The number of guanidine groups is 1. The Kier molecular flexibility index (Phi) is 7.17. The van der Waals surface area contributed by atoms with Gasteiger partial charge in [-0.15, -0.1) is 11.8 Å². The molecule has 0 saturated heterocycles. The van der Waals surface area contributed by atoms with E-state index in [-0.39, 0.29) is 0 Å². The van der Waals surface area contributed by atoms with Crippen molar-refractivity contribution in [2.24, 2.45) is 4.99 Å². The fourth-order valence-electron chi connectivity index (χ4n) is 2.76. The van der Waals surface area contributed by atoms with E-state index in [9.17, 15) is 5.11 Å².